The molecule has 1 aliphatic heterocycles. The zero-order valence-corrected chi connectivity index (χ0v) is 17.8. The molecule has 1 fully saturated rings. The van der Waals surface area contributed by atoms with Crippen LogP contribution >= 0.6 is 11.3 Å². The monoisotopic (exact) mass is 412 g/mol. The molecule has 2 atom stereocenters. The van der Waals surface area contributed by atoms with Gasteiger partial charge in [0.1, 0.15) is 0 Å². The number of hydrogen-bond acceptors (Lipinski definition) is 5. The molecule has 2 heterocycles. The minimum Gasteiger partial charge on any atom is -0.273 e. The first-order valence-electron chi connectivity index (χ1n) is 9.45. The van der Waals surface area contributed by atoms with Gasteiger partial charge in [-0.25, -0.2) is 8.42 Å². The van der Waals surface area contributed by atoms with Gasteiger partial charge in [-0.05, 0) is 54.6 Å². The van der Waals surface area contributed by atoms with Gasteiger partial charge in [-0.3, -0.25) is 20.4 Å². The van der Waals surface area contributed by atoms with Crippen molar-refractivity contribution < 1.29 is 18.0 Å². The van der Waals surface area contributed by atoms with Gasteiger partial charge in [0, 0.05) is 11.3 Å². The van der Waals surface area contributed by atoms with Crippen LogP contribution in [0.15, 0.2) is 6.07 Å². The molecule has 0 radical (unpaired) electrons. The molecule has 1 aromatic rings. The summed E-state index contributed by atoms with van der Waals surface area (Å²) >= 11 is 1.50. The maximum absolute atomic E-state index is 12.4. The van der Waals surface area contributed by atoms with Crippen LogP contribution in [0.5, 0.6) is 0 Å². The van der Waals surface area contributed by atoms with Crippen molar-refractivity contribution in [3.05, 3.63) is 21.4 Å². The molecule has 150 valence electrons. The van der Waals surface area contributed by atoms with E-state index in [1.807, 2.05) is 6.07 Å². The molecule has 27 heavy (non-hydrogen) atoms. The van der Waals surface area contributed by atoms with Gasteiger partial charge < -0.3 is 0 Å². The Morgan fingerprint density at radius 2 is 1.96 bits per heavy atom. The molecule has 0 aromatic carbocycles. The summed E-state index contributed by atoms with van der Waals surface area (Å²) in [6.45, 7) is 6.77. The van der Waals surface area contributed by atoms with Crippen LogP contribution in [0.2, 0.25) is 0 Å². The Morgan fingerprint density at radius 3 is 2.59 bits per heavy atom. The summed E-state index contributed by atoms with van der Waals surface area (Å²) in [5, 5.41) is 0. The van der Waals surface area contributed by atoms with Crippen LogP contribution < -0.4 is 10.9 Å². The highest BCUT2D eigenvalue weighted by molar-refractivity contribution is 7.91. The minimum absolute atomic E-state index is 0.0565. The van der Waals surface area contributed by atoms with Gasteiger partial charge >= 0.3 is 0 Å². The Labute approximate surface area is 165 Å². The van der Waals surface area contributed by atoms with Crippen molar-refractivity contribution in [3.8, 4) is 0 Å². The topological polar surface area (TPSA) is 92.3 Å². The predicted octanol–water partition coefficient (Wildman–Crippen LogP) is 2.48. The third-order valence-electron chi connectivity index (χ3n) is 5.65. The maximum Gasteiger partial charge on any atom is 0.279 e. The second-order valence-electron chi connectivity index (χ2n) is 8.84. The van der Waals surface area contributed by atoms with Crippen LogP contribution in [0.25, 0.3) is 0 Å². The highest BCUT2D eigenvalue weighted by atomic mass is 32.2. The number of aryl methyl sites for hydroxylation is 1. The van der Waals surface area contributed by atoms with Crippen LogP contribution in [0.1, 0.15) is 60.1 Å². The van der Waals surface area contributed by atoms with Crippen molar-refractivity contribution in [2.45, 2.75) is 52.9 Å². The molecule has 2 aliphatic rings. The van der Waals surface area contributed by atoms with E-state index in [1.165, 1.54) is 21.8 Å². The number of sulfone groups is 1. The fourth-order valence-corrected chi connectivity index (χ4v) is 6.87. The van der Waals surface area contributed by atoms with E-state index >= 15 is 0 Å². The van der Waals surface area contributed by atoms with Crippen LogP contribution in [-0.4, -0.2) is 31.7 Å². The van der Waals surface area contributed by atoms with Crippen molar-refractivity contribution in [2.24, 2.45) is 17.3 Å². The molecule has 1 aromatic heterocycles. The van der Waals surface area contributed by atoms with E-state index in [4.69, 9.17) is 0 Å². The smallest absolute Gasteiger partial charge is 0.273 e. The lowest BCUT2D eigenvalue weighted by Crippen LogP contribution is -2.42. The Bertz CT molecular complexity index is 836. The third-order valence-corrected chi connectivity index (χ3v) is 8.72. The molecule has 1 aliphatic carbocycles. The zero-order chi connectivity index (χ0) is 19.8. The first-order valence-corrected chi connectivity index (χ1v) is 12.1. The summed E-state index contributed by atoms with van der Waals surface area (Å²) < 4.78 is 22.9. The predicted molar refractivity (Wildman–Crippen MR) is 106 cm³/mol. The minimum atomic E-state index is -3.00. The van der Waals surface area contributed by atoms with Crippen molar-refractivity contribution in [1.82, 2.24) is 10.9 Å². The molecule has 0 spiro atoms. The Balaban J connectivity index is 1.52. The summed E-state index contributed by atoms with van der Waals surface area (Å²) in [5.41, 5.74) is 6.39. The molecule has 1 saturated heterocycles. The lowest BCUT2D eigenvalue weighted by molar-refractivity contribution is -0.122. The lowest BCUT2D eigenvalue weighted by Gasteiger charge is -2.33. The summed E-state index contributed by atoms with van der Waals surface area (Å²) in [4.78, 5) is 26.2. The van der Waals surface area contributed by atoms with Crippen molar-refractivity contribution in [1.29, 1.82) is 0 Å². The molecule has 0 unspecified atom stereocenters. The van der Waals surface area contributed by atoms with Crippen LogP contribution in [-0.2, 0) is 27.5 Å². The number of carbonyl (C=O) groups is 2. The van der Waals surface area contributed by atoms with Crippen molar-refractivity contribution >= 4 is 33.0 Å². The SMILES string of the molecule is CC(C)(C)[C@@H]1CCc2sc(C(=O)NNC(=O)C[C@@H]3CCS(=O)(=O)C3)cc2C1. The fraction of sp³-hybridized carbons (Fsp3) is 0.684. The standard InChI is InChI=1S/C19H28N2O4S2/c1-19(2,3)14-4-5-15-13(9-14)10-16(26-15)18(23)21-20-17(22)8-12-6-7-27(24,25)11-12/h10,12,14H,4-9,11H2,1-3H3,(H,20,22)(H,21,23)/t12-,14+/m0/s1. The Kier molecular flexibility index (Phi) is 5.68. The van der Waals surface area contributed by atoms with E-state index in [2.05, 4.69) is 31.6 Å². The number of rotatable bonds is 3. The molecule has 2 N–H and O–H groups in total. The van der Waals surface area contributed by atoms with Gasteiger partial charge in [-0.15, -0.1) is 11.3 Å². The number of carbonyl (C=O) groups excluding carboxylic acids is 2. The Morgan fingerprint density at radius 1 is 1.22 bits per heavy atom. The summed E-state index contributed by atoms with van der Waals surface area (Å²) in [6, 6.07) is 1.95. The van der Waals surface area contributed by atoms with E-state index < -0.39 is 9.84 Å². The molecule has 3 rings (SSSR count). The number of hydrazine groups is 1. The van der Waals surface area contributed by atoms with Crippen LogP contribution in [0.3, 0.4) is 0 Å². The highest BCUT2D eigenvalue weighted by Crippen LogP contribution is 2.40. The van der Waals surface area contributed by atoms with Crippen molar-refractivity contribution in [2.75, 3.05) is 11.5 Å². The second-order valence-corrected chi connectivity index (χ2v) is 12.2. The summed E-state index contributed by atoms with van der Waals surface area (Å²) in [7, 11) is -3.00. The third kappa shape index (κ3) is 5.10. The first kappa shape index (κ1) is 20.3. The van der Waals surface area contributed by atoms with Gasteiger partial charge in [-0.1, -0.05) is 20.8 Å². The maximum atomic E-state index is 12.4. The van der Waals surface area contributed by atoms with E-state index in [9.17, 15) is 18.0 Å². The average Bonchev–Trinajstić information content (AvgIpc) is 3.13. The lowest BCUT2D eigenvalue weighted by atomic mass is 9.72. The number of fused-ring (bicyclic) bond motifs is 1. The molecule has 0 bridgehead atoms. The molecular formula is C19H28N2O4S2. The number of hydrogen-bond donors (Lipinski definition) is 2. The fourth-order valence-electron chi connectivity index (χ4n) is 3.91. The number of nitrogens with one attached hydrogen (secondary N) is 2. The Hall–Kier alpha value is -1.41. The van der Waals surface area contributed by atoms with Gasteiger partial charge in [0.15, 0.2) is 9.84 Å². The van der Waals surface area contributed by atoms with E-state index in [-0.39, 0.29) is 41.1 Å². The summed E-state index contributed by atoms with van der Waals surface area (Å²) in [5.74, 6) is -0.00367. The zero-order valence-electron chi connectivity index (χ0n) is 16.1. The van der Waals surface area contributed by atoms with E-state index in [1.54, 1.807) is 0 Å². The van der Waals surface area contributed by atoms with E-state index in [0.717, 1.165) is 19.3 Å². The first-order chi connectivity index (χ1) is 12.5. The average molecular weight is 413 g/mol. The van der Waals surface area contributed by atoms with E-state index in [0.29, 0.717) is 17.2 Å². The van der Waals surface area contributed by atoms with Crippen LogP contribution in [0, 0.1) is 17.3 Å². The number of thiophene rings is 1. The highest BCUT2D eigenvalue weighted by Gasteiger charge is 2.31. The van der Waals surface area contributed by atoms with Gasteiger partial charge in [0.05, 0.1) is 16.4 Å². The molecular weight excluding hydrogens is 384 g/mol. The van der Waals surface area contributed by atoms with Gasteiger partial charge in [0.25, 0.3) is 5.91 Å². The molecule has 0 saturated carbocycles. The normalized spacial score (nSPS) is 24.3. The summed E-state index contributed by atoms with van der Waals surface area (Å²) in [6.07, 6.45) is 3.76. The van der Waals surface area contributed by atoms with Crippen LogP contribution in [0.4, 0.5) is 0 Å². The van der Waals surface area contributed by atoms with Gasteiger partial charge in [0.2, 0.25) is 5.91 Å². The largest absolute Gasteiger partial charge is 0.279 e. The number of amides is 2. The molecule has 2 amide bonds. The molecule has 8 heteroatoms. The quantitative estimate of drug-likeness (QED) is 0.746. The van der Waals surface area contributed by atoms with Gasteiger partial charge in [-0.2, -0.15) is 0 Å². The van der Waals surface area contributed by atoms with Crippen molar-refractivity contribution in [3.63, 3.8) is 0 Å². The second kappa shape index (κ2) is 7.54. The molecule has 6 nitrogen and oxygen atoms in total.